The molecule has 1 aliphatic heterocycles. The van der Waals surface area contributed by atoms with Crippen LogP contribution in [0.1, 0.15) is 35.6 Å². The van der Waals surface area contributed by atoms with Crippen LogP contribution in [0, 0.1) is 0 Å². The van der Waals surface area contributed by atoms with E-state index in [1.165, 1.54) is 5.56 Å². The lowest BCUT2D eigenvalue weighted by Gasteiger charge is -2.32. The van der Waals surface area contributed by atoms with Gasteiger partial charge in [-0.25, -0.2) is 0 Å². The zero-order valence-electron chi connectivity index (χ0n) is 18.1. The van der Waals surface area contributed by atoms with E-state index in [0.717, 1.165) is 43.6 Å². The van der Waals surface area contributed by atoms with Crippen molar-refractivity contribution < 1.29 is 9.59 Å². The van der Waals surface area contributed by atoms with Gasteiger partial charge in [-0.2, -0.15) is 0 Å². The van der Waals surface area contributed by atoms with Gasteiger partial charge in [0, 0.05) is 25.7 Å². The highest BCUT2D eigenvalue weighted by atomic mass is 16.2. The maximum absolute atomic E-state index is 12.7. The molecule has 0 bridgehead atoms. The molecule has 0 atom stereocenters. The molecule has 164 valence electrons. The van der Waals surface area contributed by atoms with Crippen LogP contribution < -0.4 is 10.6 Å². The fourth-order valence-corrected chi connectivity index (χ4v) is 4.17. The van der Waals surface area contributed by atoms with Gasteiger partial charge in [-0.05, 0) is 29.5 Å². The molecule has 5 nitrogen and oxygen atoms in total. The fourth-order valence-electron chi connectivity index (χ4n) is 4.17. The van der Waals surface area contributed by atoms with E-state index in [-0.39, 0.29) is 12.1 Å². The molecule has 4 rings (SSSR count). The molecule has 3 aromatic rings. The SMILES string of the molecule is O=C(NC1CCN(Cc2ccccc2)CC1)C(=O)NC(c1ccccc1)c1ccccc1. The molecule has 0 radical (unpaired) electrons. The molecule has 1 aliphatic rings. The Hall–Kier alpha value is -3.44. The first kappa shape index (κ1) is 21.8. The Kier molecular flexibility index (Phi) is 7.31. The van der Waals surface area contributed by atoms with Gasteiger partial charge >= 0.3 is 11.8 Å². The number of carbonyl (C=O) groups excluding carboxylic acids is 2. The highest BCUT2D eigenvalue weighted by molar-refractivity contribution is 6.35. The molecule has 0 unspecified atom stereocenters. The van der Waals surface area contributed by atoms with E-state index in [1.54, 1.807) is 0 Å². The highest BCUT2D eigenvalue weighted by Gasteiger charge is 2.25. The normalized spacial score (nSPS) is 14.8. The zero-order valence-corrected chi connectivity index (χ0v) is 18.1. The standard InChI is InChI=1S/C27H29N3O2/c31-26(28-24-16-18-30(19-17-24)20-21-10-4-1-5-11-21)27(32)29-25(22-12-6-2-7-13-22)23-14-8-3-9-15-23/h1-15,24-25H,16-20H2,(H,28,31)(H,29,32). The smallest absolute Gasteiger partial charge is 0.310 e. The van der Waals surface area contributed by atoms with Gasteiger partial charge in [0.1, 0.15) is 0 Å². The Morgan fingerprint density at radius 2 is 1.25 bits per heavy atom. The van der Waals surface area contributed by atoms with Crippen LogP contribution in [0.5, 0.6) is 0 Å². The molecule has 0 spiro atoms. The summed E-state index contributed by atoms with van der Waals surface area (Å²) in [5.74, 6) is -1.17. The number of rotatable bonds is 6. The molecule has 0 aliphatic carbocycles. The van der Waals surface area contributed by atoms with Crippen LogP contribution in [-0.2, 0) is 16.1 Å². The Balaban J connectivity index is 1.32. The van der Waals surface area contributed by atoms with Gasteiger partial charge in [-0.3, -0.25) is 14.5 Å². The Morgan fingerprint density at radius 1 is 0.750 bits per heavy atom. The van der Waals surface area contributed by atoms with E-state index in [2.05, 4.69) is 39.8 Å². The van der Waals surface area contributed by atoms with E-state index in [9.17, 15) is 9.59 Å². The molecule has 32 heavy (non-hydrogen) atoms. The summed E-state index contributed by atoms with van der Waals surface area (Å²) in [6, 6.07) is 29.5. The predicted molar refractivity (Wildman–Crippen MR) is 126 cm³/mol. The minimum Gasteiger partial charge on any atom is -0.345 e. The van der Waals surface area contributed by atoms with E-state index in [1.807, 2.05) is 66.7 Å². The summed E-state index contributed by atoms with van der Waals surface area (Å²) in [7, 11) is 0. The van der Waals surface area contributed by atoms with E-state index >= 15 is 0 Å². The predicted octanol–water partition coefficient (Wildman–Crippen LogP) is 3.67. The average Bonchev–Trinajstić information content (AvgIpc) is 2.85. The molecule has 1 saturated heterocycles. The molecular weight excluding hydrogens is 398 g/mol. The van der Waals surface area contributed by atoms with Crippen molar-refractivity contribution >= 4 is 11.8 Å². The molecule has 5 heteroatoms. The second-order valence-electron chi connectivity index (χ2n) is 8.24. The molecule has 1 fully saturated rings. The summed E-state index contributed by atoms with van der Waals surface area (Å²) in [5, 5.41) is 5.85. The van der Waals surface area contributed by atoms with Crippen LogP contribution in [0.25, 0.3) is 0 Å². The first-order valence-electron chi connectivity index (χ1n) is 11.2. The van der Waals surface area contributed by atoms with Gasteiger partial charge in [-0.1, -0.05) is 91.0 Å². The second kappa shape index (κ2) is 10.7. The maximum atomic E-state index is 12.7. The molecule has 0 saturated carbocycles. The first-order chi connectivity index (χ1) is 15.7. The van der Waals surface area contributed by atoms with Gasteiger partial charge in [0.15, 0.2) is 0 Å². The molecule has 0 aromatic heterocycles. The highest BCUT2D eigenvalue weighted by Crippen LogP contribution is 2.21. The van der Waals surface area contributed by atoms with Gasteiger partial charge in [0.2, 0.25) is 0 Å². The summed E-state index contributed by atoms with van der Waals surface area (Å²) in [4.78, 5) is 27.8. The summed E-state index contributed by atoms with van der Waals surface area (Å²) in [6.07, 6.45) is 1.68. The van der Waals surface area contributed by atoms with E-state index in [0.29, 0.717) is 0 Å². The van der Waals surface area contributed by atoms with Gasteiger partial charge in [0.25, 0.3) is 0 Å². The minimum atomic E-state index is -0.602. The number of amides is 2. The number of nitrogens with one attached hydrogen (secondary N) is 2. The van der Waals surface area contributed by atoms with Gasteiger partial charge in [0.05, 0.1) is 6.04 Å². The van der Waals surface area contributed by atoms with Crippen molar-refractivity contribution in [3.63, 3.8) is 0 Å². The quantitative estimate of drug-likeness (QED) is 0.590. The topological polar surface area (TPSA) is 61.4 Å². The third-order valence-corrected chi connectivity index (χ3v) is 5.92. The fraction of sp³-hybridized carbons (Fsp3) is 0.259. The second-order valence-corrected chi connectivity index (χ2v) is 8.24. The number of hydrogen-bond donors (Lipinski definition) is 2. The summed E-state index contributed by atoms with van der Waals surface area (Å²) >= 11 is 0. The number of nitrogens with zero attached hydrogens (tertiary/aromatic N) is 1. The maximum Gasteiger partial charge on any atom is 0.310 e. The zero-order chi connectivity index (χ0) is 22.2. The van der Waals surface area contributed by atoms with Crippen LogP contribution >= 0.6 is 0 Å². The van der Waals surface area contributed by atoms with Crippen LogP contribution in [0.15, 0.2) is 91.0 Å². The van der Waals surface area contributed by atoms with Crippen LogP contribution in [0.2, 0.25) is 0 Å². The minimum absolute atomic E-state index is 0.0205. The molecule has 2 amide bonds. The van der Waals surface area contributed by atoms with Gasteiger partial charge < -0.3 is 10.6 Å². The van der Waals surface area contributed by atoms with Crippen molar-refractivity contribution in [3.05, 3.63) is 108 Å². The molecule has 1 heterocycles. The van der Waals surface area contributed by atoms with Crippen LogP contribution in [-0.4, -0.2) is 35.8 Å². The van der Waals surface area contributed by atoms with Crippen molar-refractivity contribution in [1.29, 1.82) is 0 Å². The number of carbonyl (C=O) groups is 2. The van der Waals surface area contributed by atoms with Crippen molar-refractivity contribution in [2.75, 3.05) is 13.1 Å². The van der Waals surface area contributed by atoms with Gasteiger partial charge in [-0.15, -0.1) is 0 Å². The van der Waals surface area contributed by atoms with E-state index < -0.39 is 11.8 Å². The third kappa shape index (κ3) is 5.83. The lowest BCUT2D eigenvalue weighted by atomic mass is 9.98. The molecular formula is C27H29N3O2. The summed E-state index contributed by atoms with van der Waals surface area (Å²) in [6.45, 7) is 2.72. The number of benzene rings is 3. The average molecular weight is 428 g/mol. The van der Waals surface area contributed by atoms with Crippen molar-refractivity contribution in [2.45, 2.75) is 31.5 Å². The summed E-state index contributed by atoms with van der Waals surface area (Å²) < 4.78 is 0. The number of hydrogen-bond acceptors (Lipinski definition) is 3. The number of piperidine rings is 1. The lowest BCUT2D eigenvalue weighted by molar-refractivity contribution is -0.140. The largest absolute Gasteiger partial charge is 0.345 e. The lowest BCUT2D eigenvalue weighted by Crippen LogP contribution is -2.49. The number of likely N-dealkylation sites (tertiary alicyclic amines) is 1. The van der Waals surface area contributed by atoms with Crippen molar-refractivity contribution in [2.24, 2.45) is 0 Å². The van der Waals surface area contributed by atoms with Crippen LogP contribution in [0.3, 0.4) is 0 Å². The summed E-state index contributed by atoms with van der Waals surface area (Å²) in [5.41, 5.74) is 3.17. The monoisotopic (exact) mass is 427 g/mol. The third-order valence-electron chi connectivity index (χ3n) is 5.92. The Labute approximate surface area is 189 Å². The Bertz CT molecular complexity index is 961. The van der Waals surface area contributed by atoms with Crippen LogP contribution in [0.4, 0.5) is 0 Å². The molecule has 3 aromatic carbocycles. The van der Waals surface area contributed by atoms with Crippen molar-refractivity contribution in [3.8, 4) is 0 Å². The van der Waals surface area contributed by atoms with Crippen molar-refractivity contribution in [1.82, 2.24) is 15.5 Å². The Morgan fingerprint density at radius 3 is 1.78 bits per heavy atom. The van der Waals surface area contributed by atoms with E-state index in [4.69, 9.17) is 0 Å². The first-order valence-corrected chi connectivity index (χ1v) is 11.2. The molecule has 2 N–H and O–H groups in total.